The summed E-state index contributed by atoms with van der Waals surface area (Å²) in [5.74, 6) is -5.66. The van der Waals surface area contributed by atoms with Crippen LogP contribution in [-0.4, -0.2) is 61.7 Å². The van der Waals surface area contributed by atoms with Gasteiger partial charge in [0.1, 0.15) is 6.54 Å². The molecule has 0 saturated carbocycles. The Morgan fingerprint density at radius 3 is 1.56 bits per heavy atom. The third-order valence-corrected chi connectivity index (χ3v) is 9.25. The van der Waals surface area contributed by atoms with Crippen molar-refractivity contribution < 1.29 is 54.9 Å². The highest BCUT2D eigenvalue weighted by atomic mass is 19.4. The first-order chi connectivity index (χ1) is 21.8. The summed E-state index contributed by atoms with van der Waals surface area (Å²) in [4.78, 5) is 25.4. The van der Waals surface area contributed by atoms with E-state index in [0.29, 0.717) is 6.07 Å². The van der Waals surface area contributed by atoms with E-state index in [0.717, 1.165) is 24.3 Å². The summed E-state index contributed by atoms with van der Waals surface area (Å²) in [5, 5.41) is 2.36. The van der Waals surface area contributed by atoms with Crippen molar-refractivity contribution in [2.24, 2.45) is 5.92 Å². The molecule has 2 aromatic carbocycles. The summed E-state index contributed by atoms with van der Waals surface area (Å²) in [5.41, 5.74) is -7.32. The molecule has 0 bridgehead atoms. The lowest BCUT2D eigenvalue weighted by Gasteiger charge is -2.32. The minimum Gasteiger partial charge on any atom is -0.464 e. The van der Waals surface area contributed by atoms with Gasteiger partial charge < -0.3 is 28.7 Å². The van der Waals surface area contributed by atoms with E-state index in [-0.39, 0.29) is 29.0 Å². The van der Waals surface area contributed by atoms with Gasteiger partial charge in [0, 0.05) is 16.7 Å². The molecule has 15 heteroatoms. The monoisotopic (exact) mass is 681 g/mol. The lowest BCUT2D eigenvalue weighted by Crippen LogP contribution is -2.41. The first kappa shape index (κ1) is 37.8. The van der Waals surface area contributed by atoms with Crippen LogP contribution in [0, 0.1) is 5.92 Å². The van der Waals surface area contributed by atoms with Crippen molar-refractivity contribution in [1.82, 2.24) is 5.32 Å². The summed E-state index contributed by atoms with van der Waals surface area (Å²) in [6, 6.07) is 5.16. The van der Waals surface area contributed by atoms with Crippen LogP contribution in [0.15, 0.2) is 36.4 Å². The molecule has 0 spiro atoms. The van der Waals surface area contributed by atoms with Gasteiger partial charge in [-0.05, 0) is 90.4 Å². The van der Waals surface area contributed by atoms with Crippen LogP contribution < -0.4 is 16.2 Å². The number of alkyl halides is 5. The van der Waals surface area contributed by atoms with E-state index in [2.05, 4.69) is 5.32 Å². The van der Waals surface area contributed by atoms with Crippen LogP contribution in [0.1, 0.15) is 96.3 Å². The number of carbonyl (C=O) groups is 2. The summed E-state index contributed by atoms with van der Waals surface area (Å²) >= 11 is 0. The number of ether oxygens (including phenoxy) is 1. The molecule has 2 saturated heterocycles. The lowest BCUT2D eigenvalue weighted by atomic mass is 9.75. The van der Waals surface area contributed by atoms with Gasteiger partial charge in [0.15, 0.2) is 0 Å². The second-order valence-electron chi connectivity index (χ2n) is 14.7. The van der Waals surface area contributed by atoms with E-state index < -0.39 is 83.9 Å². The Bertz CT molecular complexity index is 1530. The molecule has 48 heavy (non-hydrogen) atoms. The van der Waals surface area contributed by atoms with E-state index >= 15 is 8.78 Å². The second-order valence-corrected chi connectivity index (χ2v) is 14.7. The topological polar surface area (TPSA) is 92.3 Å². The Balaban J connectivity index is 1.80. The molecule has 0 radical (unpaired) electrons. The Morgan fingerprint density at radius 1 is 0.708 bits per heavy atom. The Labute approximate surface area is 278 Å². The zero-order valence-electron chi connectivity index (χ0n) is 28.9. The normalized spacial score (nSPS) is 19.9. The summed E-state index contributed by atoms with van der Waals surface area (Å²) in [6.07, 6.45) is -4.98. The predicted molar refractivity (Wildman–Crippen MR) is 170 cm³/mol. The van der Waals surface area contributed by atoms with Gasteiger partial charge in [-0.3, -0.25) is 9.59 Å². The molecule has 2 aliphatic rings. The highest BCUT2D eigenvalue weighted by Crippen LogP contribution is 2.42. The van der Waals surface area contributed by atoms with Gasteiger partial charge in [-0.1, -0.05) is 32.0 Å². The largest absolute Gasteiger partial charge is 0.494 e. The number of amides is 1. The number of nitrogens with one attached hydrogen (secondary N) is 1. The molecule has 2 fully saturated rings. The van der Waals surface area contributed by atoms with Crippen LogP contribution in [0.5, 0.6) is 0 Å². The van der Waals surface area contributed by atoms with E-state index in [1.807, 2.05) is 13.8 Å². The van der Waals surface area contributed by atoms with Gasteiger partial charge in [0.25, 0.3) is 11.8 Å². The van der Waals surface area contributed by atoms with E-state index in [1.165, 1.54) is 6.07 Å². The Hall–Kier alpha value is -3.00. The zero-order valence-corrected chi connectivity index (χ0v) is 28.9. The number of rotatable bonds is 9. The van der Waals surface area contributed by atoms with E-state index in [1.54, 1.807) is 55.4 Å². The smallest absolute Gasteiger partial charge is 0.464 e. The molecule has 2 aromatic rings. The highest BCUT2D eigenvalue weighted by molar-refractivity contribution is 6.62. The molecule has 0 aromatic heterocycles. The van der Waals surface area contributed by atoms with Crippen molar-refractivity contribution in [3.8, 4) is 0 Å². The maximum atomic E-state index is 16.6. The van der Waals surface area contributed by atoms with Crippen LogP contribution in [0.4, 0.5) is 22.0 Å². The van der Waals surface area contributed by atoms with Crippen molar-refractivity contribution in [2.45, 2.75) is 104 Å². The fourth-order valence-electron chi connectivity index (χ4n) is 4.92. The number of benzene rings is 2. The molecule has 2 aliphatic heterocycles. The lowest BCUT2D eigenvalue weighted by molar-refractivity contribution is -0.143. The van der Waals surface area contributed by atoms with Crippen molar-refractivity contribution in [2.75, 3.05) is 13.2 Å². The molecule has 8 nitrogen and oxygen atoms in total. The van der Waals surface area contributed by atoms with Crippen LogP contribution >= 0.6 is 0 Å². The van der Waals surface area contributed by atoms with Gasteiger partial charge in [-0.2, -0.15) is 22.0 Å². The van der Waals surface area contributed by atoms with E-state index in [9.17, 15) is 22.8 Å². The minimum absolute atomic E-state index is 0.0246. The molecule has 2 heterocycles. The summed E-state index contributed by atoms with van der Waals surface area (Å²) in [6.45, 7) is 17.0. The fraction of sp³-hybridized carbons (Fsp3) is 0.576. The fourth-order valence-corrected chi connectivity index (χ4v) is 4.92. The van der Waals surface area contributed by atoms with Crippen molar-refractivity contribution >= 4 is 37.0 Å². The number of hydrogen-bond donors (Lipinski definition) is 1. The highest BCUT2D eigenvalue weighted by Gasteiger charge is 2.54. The zero-order chi connectivity index (χ0) is 36.3. The first-order valence-electron chi connectivity index (χ1n) is 15.7. The van der Waals surface area contributed by atoms with Crippen molar-refractivity contribution in [3.05, 3.63) is 58.7 Å². The van der Waals surface area contributed by atoms with Crippen LogP contribution in [0.3, 0.4) is 0 Å². The van der Waals surface area contributed by atoms with Gasteiger partial charge in [-0.15, -0.1) is 0 Å². The molecular weight excluding hydrogens is 639 g/mol. The van der Waals surface area contributed by atoms with Crippen molar-refractivity contribution in [3.63, 3.8) is 0 Å². The van der Waals surface area contributed by atoms with Gasteiger partial charge in [0.2, 0.25) is 0 Å². The molecule has 0 aliphatic carbocycles. The molecule has 1 amide bonds. The average Bonchev–Trinajstić information content (AvgIpc) is 3.33. The molecule has 4 rings (SSSR count). The third kappa shape index (κ3) is 7.74. The van der Waals surface area contributed by atoms with E-state index in [4.69, 9.17) is 23.4 Å². The van der Waals surface area contributed by atoms with Crippen LogP contribution in [-0.2, 0) is 40.2 Å². The first-order valence-corrected chi connectivity index (χ1v) is 15.7. The van der Waals surface area contributed by atoms with Gasteiger partial charge in [0.05, 0.1) is 34.6 Å². The molecular formula is C33H42B2F5NO7. The Kier molecular flexibility index (Phi) is 10.0. The molecule has 262 valence electrons. The van der Waals surface area contributed by atoms with Crippen LogP contribution in [0.2, 0.25) is 0 Å². The quantitative estimate of drug-likeness (QED) is 0.216. The minimum atomic E-state index is -4.98. The standard InChI is InChI=1S/C33H42B2F5NO7/c1-19(2)18-44-26(42)17-41-27(43)20-11-21(14-24(12-20)34-45-28(3,4)29(5,6)46-34)32(36,37)22-13-23(33(38,39)40)16-25(15-22)35-47-30(7,8)31(9,10)48-35/h11-16,19H,17-18H2,1-10H3,(H,41,43). The number of carbonyl (C=O) groups excluding carboxylic acids is 2. The second kappa shape index (κ2) is 12.7. The number of halogens is 5. The van der Waals surface area contributed by atoms with Gasteiger partial charge >= 0.3 is 26.4 Å². The van der Waals surface area contributed by atoms with Crippen molar-refractivity contribution in [1.29, 1.82) is 0 Å². The average molecular weight is 681 g/mol. The third-order valence-electron chi connectivity index (χ3n) is 9.25. The van der Waals surface area contributed by atoms with Gasteiger partial charge in [-0.25, -0.2) is 0 Å². The Morgan fingerprint density at radius 2 is 1.12 bits per heavy atom. The molecule has 0 unspecified atom stereocenters. The maximum absolute atomic E-state index is 16.6. The summed E-state index contributed by atoms with van der Waals surface area (Å²) in [7, 11) is -2.56. The number of esters is 1. The molecule has 1 N–H and O–H groups in total. The SMILES string of the molecule is CC(C)COC(=O)CNC(=O)c1cc(B2OC(C)(C)C(C)(C)O2)cc(C(F)(F)c2cc(B3OC(C)(C)C(C)(C)O3)cc(C(F)(F)F)c2)c1. The summed E-state index contributed by atoms with van der Waals surface area (Å²) < 4.78 is 104. The maximum Gasteiger partial charge on any atom is 0.494 e. The predicted octanol–water partition coefficient (Wildman–Crippen LogP) is 5.37. The number of hydrogen-bond acceptors (Lipinski definition) is 7. The molecule has 0 atom stereocenters. The van der Waals surface area contributed by atoms with Crippen LogP contribution in [0.25, 0.3) is 0 Å².